The summed E-state index contributed by atoms with van der Waals surface area (Å²) in [6.07, 6.45) is 2.18. The average molecular weight is 380 g/mol. The van der Waals surface area contributed by atoms with Gasteiger partial charge >= 0.3 is 0 Å². The highest BCUT2D eigenvalue weighted by Gasteiger charge is 2.16. The first kappa shape index (κ1) is 18.1. The molecule has 132 valence electrons. The predicted octanol–water partition coefficient (Wildman–Crippen LogP) is 4.48. The van der Waals surface area contributed by atoms with E-state index in [1.54, 1.807) is 24.3 Å². The molecule has 0 saturated carbocycles. The molecular weight excluding hydrogens is 361 g/mol. The summed E-state index contributed by atoms with van der Waals surface area (Å²) in [4.78, 5) is 12.3. The van der Waals surface area contributed by atoms with Crippen molar-refractivity contribution in [1.29, 1.82) is 0 Å². The maximum absolute atomic E-state index is 12.3. The number of hydrogen-bond donors (Lipinski definition) is 1. The first-order chi connectivity index (χ1) is 12.1. The number of ether oxygens (including phenoxy) is 2. The van der Waals surface area contributed by atoms with Gasteiger partial charge in [-0.3, -0.25) is 4.79 Å². The minimum Gasteiger partial charge on any atom is -0.487 e. The van der Waals surface area contributed by atoms with Crippen molar-refractivity contribution < 1.29 is 14.3 Å². The fraction of sp³-hybridized carbons (Fsp3) is 0.316. The predicted molar refractivity (Wildman–Crippen MR) is 98.5 cm³/mol. The Hall–Kier alpha value is -1.75. The van der Waals surface area contributed by atoms with Gasteiger partial charge < -0.3 is 14.8 Å². The number of rotatable bonds is 6. The van der Waals surface area contributed by atoms with E-state index in [0.29, 0.717) is 34.5 Å². The van der Waals surface area contributed by atoms with Gasteiger partial charge in [0.15, 0.2) is 0 Å². The summed E-state index contributed by atoms with van der Waals surface area (Å²) in [6, 6.07) is 12.4. The SMILES string of the molecule is O=C(NC[C@@H]1CCCO1)c1cccc(COc2ccc(Cl)cc2Cl)c1. The van der Waals surface area contributed by atoms with Crippen LogP contribution in [0.1, 0.15) is 28.8 Å². The van der Waals surface area contributed by atoms with Crippen LogP contribution >= 0.6 is 23.2 Å². The topological polar surface area (TPSA) is 47.6 Å². The zero-order chi connectivity index (χ0) is 17.6. The summed E-state index contributed by atoms with van der Waals surface area (Å²) in [5.41, 5.74) is 1.48. The number of halogens is 2. The molecule has 1 fully saturated rings. The van der Waals surface area contributed by atoms with Crippen LogP contribution in [0.15, 0.2) is 42.5 Å². The summed E-state index contributed by atoms with van der Waals surface area (Å²) in [7, 11) is 0. The molecule has 1 aliphatic heterocycles. The lowest BCUT2D eigenvalue weighted by Crippen LogP contribution is -2.31. The number of hydrogen-bond acceptors (Lipinski definition) is 3. The molecule has 0 bridgehead atoms. The minimum atomic E-state index is -0.109. The lowest BCUT2D eigenvalue weighted by atomic mass is 10.1. The number of carbonyl (C=O) groups is 1. The van der Waals surface area contributed by atoms with Crippen LogP contribution < -0.4 is 10.1 Å². The molecule has 2 aromatic rings. The summed E-state index contributed by atoms with van der Waals surface area (Å²) in [6.45, 7) is 1.63. The van der Waals surface area contributed by atoms with Gasteiger partial charge in [-0.15, -0.1) is 0 Å². The van der Waals surface area contributed by atoms with Crippen LogP contribution in [0, 0.1) is 0 Å². The summed E-state index contributed by atoms with van der Waals surface area (Å²) in [5.74, 6) is 0.446. The molecule has 3 rings (SSSR count). The van der Waals surface area contributed by atoms with Crippen molar-refractivity contribution in [2.45, 2.75) is 25.6 Å². The second-order valence-electron chi connectivity index (χ2n) is 5.91. The third-order valence-electron chi connectivity index (χ3n) is 3.99. The number of benzene rings is 2. The number of nitrogens with one attached hydrogen (secondary N) is 1. The smallest absolute Gasteiger partial charge is 0.251 e. The van der Waals surface area contributed by atoms with Gasteiger partial charge in [0.2, 0.25) is 0 Å². The third-order valence-corrected chi connectivity index (χ3v) is 4.52. The fourth-order valence-electron chi connectivity index (χ4n) is 2.67. The third kappa shape index (κ3) is 5.11. The van der Waals surface area contributed by atoms with E-state index in [9.17, 15) is 4.79 Å². The van der Waals surface area contributed by atoms with Crippen molar-refractivity contribution in [2.75, 3.05) is 13.2 Å². The zero-order valence-electron chi connectivity index (χ0n) is 13.6. The van der Waals surface area contributed by atoms with Crippen LogP contribution in [-0.4, -0.2) is 25.2 Å². The van der Waals surface area contributed by atoms with Gasteiger partial charge in [-0.25, -0.2) is 0 Å². The molecule has 1 saturated heterocycles. The number of carbonyl (C=O) groups excluding carboxylic acids is 1. The molecule has 0 radical (unpaired) electrons. The van der Waals surface area contributed by atoms with Crippen molar-refractivity contribution in [2.24, 2.45) is 0 Å². The molecule has 6 heteroatoms. The van der Waals surface area contributed by atoms with Crippen LogP contribution in [0.3, 0.4) is 0 Å². The summed E-state index contributed by atoms with van der Waals surface area (Å²) < 4.78 is 11.2. The first-order valence-corrected chi connectivity index (χ1v) is 8.94. The molecule has 0 unspecified atom stereocenters. The number of amides is 1. The molecule has 1 heterocycles. The summed E-state index contributed by atoms with van der Waals surface area (Å²) >= 11 is 12.0. The van der Waals surface area contributed by atoms with E-state index >= 15 is 0 Å². The lowest BCUT2D eigenvalue weighted by Gasteiger charge is -2.12. The van der Waals surface area contributed by atoms with Crippen molar-refractivity contribution in [3.63, 3.8) is 0 Å². The standard InChI is InChI=1S/C19H19Cl2NO3/c20-15-6-7-18(17(21)10-15)25-12-13-3-1-4-14(9-13)19(23)22-11-16-5-2-8-24-16/h1,3-4,6-7,9-10,16H,2,5,8,11-12H2,(H,22,23)/t16-/m0/s1. The van der Waals surface area contributed by atoms with E-state index in [4.69, 9.17) is 32.7 Å². The van der Waals surface area contributed by atoms with Crippen LogP contribution in [0.5, 0.6) is 5.75 Å². The average Bonchev–Trinajstić information content (AvgIpc) is 3.13. The molecule has 1 N–H and O–H groups in total. The largest absolute Gasteiger partial charge is 0.487 e. The molecule has 0 aromatic heterocycles. The van der Waals surface area contributed by atoms with Gasteiger partial charge in [-0.1, -0.05) is 35.3 Å². The monoisotopic (exact) mass is 379 g/mol. The van der Waals surface area contributed by atoms with Crippen LogP contribution in [0.4, 0.5) is 0 Å². The van der Waals surface area contributed by atoms with E-state index in [1.165, 1.54) is 0 Å². The van der Waals surface area contributed by atoms with Gasteiger partial charge in [0.05, 0.1) is 11.1 Å². The molecule has 1 amide bonds. The Bertz CT molecular complexity index is 745. The van der Waals surface area contributed by atoms with E-state index < -0.39 is 0 Å². The second-order valence-corrected chi connectivity index (χ2v) is 6.75. The lowest BCUT2D eigenvalue weighted by molar-refractivity contribution is 0.0857. The Kier molecular flexibility index (Phi) is 6.19. The fourth-order valence-corrected chi connectivity index (χ4v) is 3.13. The Morgan fingerprint density at radius 1 is 1.24 bits per heavy atom. The van der Waals surface area contributed by atoms with E-state index in [2.05, 4.69) is 5.32 Å². The van der Waals surface area contributed by atoms with E-state index in [0.717, 1.165) is 25.0 Å². The first-order valence-electron chi connectivity index (χ1n) is 8.18. The van der Waals surface area contributed by atoms with E-state index in [1.807, 2.05) is 18.2 Å². The molecule has 1 atom stereocenters. The molecule has 1 aliphatic rings. The Morgan fingerprint density at radius 2 is 2.12 bits per heavy atom. The van der Waals surface area contributed by atoms with Crippen LogP contribution in [-0.2, 0) is 11.3 Å². The maximum Gasteiger partial charge on any atom is 0.251 e. The zero-order valence-corrected chi connectivity index (χ0v) is 15.1. The molecule has 25 heavy (non-hydrogen) atoms. The van der Waals surface area contributed by atoms with Crippen LogP contribution in [0.2, 0.25) is 10.0 Å². The van der Waals surface area contributed by atoms with Gasteiger partial charge in [0.1, 0.15) is 12.4 Å². The molecule has 2 aromatic carbocycles. The Balaban J connectivity index is 1.57. The van der Waals surface area contributed by atoms with Crippen LogP contribution in [0.25, 0.3) is 0 Å². The molecule has 0 aliphatic carbocycles. The summed E-state index contributed by atoms with van der Waals surface area (Å²) in [5, 5.41) is 3.93. The van der Waals surface area contributed by atoms with E-state index in [-0.39, 0.29) is 12.0 Å². The minimum absolute atomic E-state index is 0.109. The van der Waals surface area contributed by atoms with Gasteiger partial charge in [0.25, 0.3) is 5.91 Å². The van der Waals surface area contributed by atoms with Crippen molar-refractivity contribution in [3.8, 4) is 5.75 Å². The quantitative estimate of drug-likeness (QED) is 0.804. The van der Waals surface area contributed by atoms with Crippen molar-refractivity contribution >= 4 is 29.1 Å². The molecule has 4 nitrogen and oxygen atoms in total. The van der Waals surface area contributed by atoms with Gasteiger partial charge in [0, 0.05) is 23.7 Å². The second kappa shape index (κ2) is 8.56. The van der Waals surface area contributed by atoms with Crippen molar-refractivity contribution in [1.82, 2.24) is 5.32 Å². The molecular formula is C19H19Cl2NO3. The van der Waals surface area contributed by atoms with Gasteiger partial charge in [-0.05, 0) is 48.7 Å². The van der Waals surface area contributed by atoms with Crippen molar-refractivity contribution in [3.05, 3.63) is 63.6 Å². The highest BCUT2D eigenvalue weighted by atomic mass is 35.5. The normalized spacial score (nSPS) is 16.6. The maximum atomic E-state index is 12.3. The Morgan fingerprint density at radius 3 is 2.88 bits per heavy atom. The highest BCUT2D eigenvalue weighted by Crippen LogP contribution is 2.28. The van der Waals surface area contributed by atoms with Gasteiger partial charge in [-0.2, -0.15) is 0 Å². The molecule has 0 spiro atoms. The highest BCUT2D eigenvalue weighted by molar-refractivity contribution is 6.35. The Labute approximate surface area is 157 Å².